The van der Waals surface area contributed by atoms with Crippen LogP contribution in [0.2, 0.25) is 0 Å². The molecule has 0 aliphatic rings. The quantitative estimate of drug-likeness (QED) is 0.650. The molecule has 0 radical (unpaired) electrons. The first-order valence-electron chi connectivity index (χ1n) is 4.61. The van der Waals surface area contributed by atoms with Crippen molar-refractivity contribution in [3.05, 3.63) is 30.0 Å². The van der Waals surface area contributed by atoms with Crippen molar-refractivity contribution in [3.63, 3.8) is 0 Å². The molecule has 0 spiro atoms. The van der Waals surface area contributed by atoms with Crippen molar-refractivity contribution in [1.29, 1.82) is 0 Å². The van der Waals surface area contributed by atoms with Crippen LogP contribution in [0, 0.1) is 0 Å². The highest BCUT2D eigenvalue weighted by Crippen LogP contribution is 2.24. The number of nitrogens with zero attached hydrogens (tertiary/aromatic N) is 2. The minimum Gasteiger partial charge on any atom is -0.268 e. The van der Waals surface area contributed by atoms with Gasteiger partial charge in [-0.05, 0) is 17.5 Å². The molecule has 0 fully saturated rings. The van der Waals surface area contributed by atoms with Crippen LogP contribution >= 0.6 is 0 Å². The van der Waals surface area contributed by atoms with Crippen molar-refractivity contribution >= 4 is 10.9 Å². The summed E-state index contributed by atoms with van der Waals surface area (Å²) in [4.78, 5) is 0. The van der Waals surface area contributed by atoms with Gasteiger partial charge in [-0.2, -0.15) is 5.10 Å². The Morgan fingerprint density at radius 3 is 2.77 bits per heavy atom. The highest BCUT2D eigenvalue weighted by atomic mass is 15.2. The normalized spacial score (nSPS) is 11.4. The lowest BCUT2D eigenvalue weighted by Crippen LogP contribution is -1.90. The van der Waals surface area contributed by atoms with E-state index in [-0.39, 0.29) is 0 Å². The average Bonchev–Trinajstić information content (AvgIpc) is 2.48. The summed E-state index contributed by atoms with van der Waals surface area (Å²) in [6.07, 6.45) is 1.95. The van der Waals surface area contributed by atoms with Gasteiger partial charge >= 0.3 is 0 Å². The first-order chi connectivity index (χ1) is 6.20. The summed E-state index contributed by atoms with van der Waals surface area (Å²) < 4.78 is 1.92. The van der Waals surface area contributed by atoms with Crippen LogP contribution in [0.3, 0.4) is 0 Å². The smallest absolute Gasteiger partial charge is 0.0681 e. The van der Waals surface area contributed by atoms with Crippen LogP contribution in [0.25, 0.3) is 10.9 Å². The van der Waals surface area contributed by atoms with Gasteiger partial charge in [-0.15, -0.1) is 0 Å². The average molecular weight is 174 g/mol. The van der Waals surface area contributed by atoms with Gasteiger partial charge in [0.05, 0.1) is 11.7 Å². The monoisotopic (exact) mass is 174 g/mol. The number of aromatic nitrogens is 2. The molecule has 0 atom stereocenters. The second kappa shape index (κ2) is 2.87. The summed E-state index contributed by atoms with van der Waals surface area (Å²) in [7, 11) is 1.98. The molecular weight excluding hydrogens is 160 g/mol. The summed E-state index contributed by atoms with van der Waals surface area (Å²) >= 11 is 0. The van der Waals surface area contributed by atoms with Crippen molar-refractivity contribution in [3.8, 4) is 0 Å². The first-order valence-corrected chi connectivity index (χ1v) is 4.61. The Hall–Kier alpha value is -1.31. The zero-order valence-electron chi connectivity index (χ0n) is 8.28. The third kappa shape index (κ3) is 1.22. The van der Waals surface area contributed by atoms with Crippen LogP contribution in [-0.2, 0) is 7.05 Å². The Morgan fingerprint density at radius 1 is 1.31 bits per heavy atom. The van der Waals surface area contributed by atoms with Gasteiger partial charge < -0.3 is 0 Å². The topological polar surface area (TPSA) is 17.8 Å². The zero-order valence-corrected chi connectivity index (χ0v) is 8.28. The van der Waals surface area contributed by atoms with Gasteiger partial charge in [-0.3, -0.25) is 4.68 Å². The Kier molecular flexibility index (Phi) is 1.83. The van der Waals surface area contributed by atoms with E-state index in [0.29, 0.717) is 5.92 Å². The van der Waals surface area contributed by atoms with Gasteiger partial charge in [-0.1, -0.05) is 26.0 Å². The Bertz CT molecular complexity index is 427. The maximum absolute atomic E-state index is 4.26. The highest BCUT2D eigenvalue weighted by Gasteiger charge is 2.06. The Labute approximate surface area is 78.2 Å². The maximum Gasteiger partial charge on any atom is 0.0681 e. The van der Waals surface area contributed by atoms with Crippen LogP contribution in [-0.4, -0.2) is 9.78 Å². The van der Waals surface area contributed by atoms with E-state index in [9.17, 15) is 0 Å². The van der Waals surface area contributed by atoms with E-state index in [4.69, 9.17) is 0 Å². The lowest BCUT2D eigenvalue weighted by molar-refractivity contribution is 0.797. The fraction of sp³-hybridized carbons (Fsp3) is 0.364. The van der Waals surface area contributed by atoms with Crippen LogP contribution in [0.5, 0.6) is 0 Å². The molecule has 2 aromatic rings. The molecule has 2 heteroatoms. The third-order valence-electron chi connectivity index (χ3n) is 2.45. The fourth-order valence-electron chi connectivity index (χ4n) is 1.70. The summed E-state index contributed by atoms with van der Waals surface area (Å²) in [5, 5.41) is 5.53. The van der Waals surface area contributed by atoms with Gasteiger partial charge in [-0.25, -0.2) is 0 Å². The maximum atomic E-state index is 4.26. The van der Waals surface area contributed by atoms with E-state index in [1.807, 2.05) is 17.9 Å². The SMILES string of the molecule is CC(C)c1cccc2c1cnn2C. The lowest BCUT2D eigenvalue weighted by atomic mass is 10.00. The predicted octanol–water partition coefficient (Wildman–Crippen LogP) is 2.70. The molecule has 2 nitrogen and oxygen atoms in total. The fourth-order valence-corrected chi connectivity index (χ4v) is 1.70. The van der Waals surface area contributed by atoms with Crippen LogP contribution < -0.4 is 0 Å². The number of rotatable bonds is 1. The minimum absolute atomic E-state index is 0.563. The lowest BCUT2D eigenvalue weighted by Gasteiger charge is -2.06. The number of hydrogen-bond acceptors (Lipinski definition) is 1. The summed E-state index contributed by atoms with van der Waals surface area (Å²) in [5.74, 6) is 0.563. The van der Waals surface area contributed by atoms with Crippen molar-refractivity contribution in [2.75, 3.05) is 0 Å². The molecule has 0 aliphatic heterocycles. The molecule has 0 N–H and O–H groups in total. The number of benzene rings is 1. The molecule has 1 aromatic carbocycles. The molecule has 0 bridgehead atoms. The van der Waals surface area contributed by atoms with E-state index in [1.54, 1.807) is 0 Å². The molecular formula is C11H14N2. The highest BCUT2D eigenvalue weighted by molar-refractivity contribution is 5.82. The largest absolute Gasteiger partial charge is 0.268 e. The Morgan fingerprint density at radius 2 is 2.08 bits per heavy atom. The molecule has 0 unspecified atom stereocenters. The van der Waals surface area contributed by atoms with Crippen LogP contribution in [0.4, 0.5) is 0 Å². The van der Waals surface area contributed by atoms with Gasteiger partial charge in [0.1, 0.15) is 0 Å². The van der Waals surface area contributed by atoms with Crippen molar-refractivity contribution in [2.45, 2.75) is 19.8 Å². The predicted molar refractivity (Wildman–Crippen MR) is 54.8 cm³/mol. The van der Waals surface area contributed by atoms with Gasteiger partial charge in [0.15, 0.2) is 0 Å². The van der Waals surface area contributed by atoms with Crippen LogP contribution in [0.1, 0.15) is 25.3 Å². The summed E-state index contributed by atoms with van der Waals surface area (Å²) in [5.41, 5.74) is 2.59. The van der Waals surface area contributed by atoms with E-state index >= 15 is 0 Å². The van der Waals surface area contributed by atoms with Gasteiger partial charge in [0, 0.05) is 12.4 Å². The molecule has 13 heavy (non-hydrogen) atoms. The van der Waals surface area contributed by atoms with Crippen molar-refractivity contribution in [1.82, 2.24) is 9.78 Å². The molecule has 0 aliphatic carbocycles. The van der Waals surface area contributed by atoms with Crippen LogP contribution in [0.15, 0.2) is 24.4 Å². The summed E-state index contributed by atoms with van der Waals surface area (Å²) in [6, 6.07) is 6.38. The number of fused-ring (bicyclic) bond motifs is 1. The molecule has 1 heterocycles. The number of aryl methyl sites for hydroxylation is 1. The van der Waals surface area contributed by atoms with Gasteiger partial charge in [0.2, 0.25) is 0 Å². The Balaban J connectivity index is 2.77. The molecule has 0 saturated carbocycles. The van der Waals surface area contributed by atoms with E-state index in [1.165, 1.54) is 16.5 Å². The zero-order chi connectivity index (χ0) is 9.42. The van der Waals surface area contributed by atoms with Gasteiger partial charge in [0.25, 0.3) is 0 Å². The second-order valence-electron chi connectivity index (χ2n) is 3.70. The van der Waals surface area contributed by atoms with Crippen molar-refractivity contribution < 1.29 is 0 Å². The third-order valence-corrected chi connectivity index (χ3v) is 2.45. The summed E-state index contributed by atoms with van der Waals surface area (Å²) in [6.45, 7) is 4.42. The van der Waals surface area contributed by atoms with E-state index in [0.717, 1.165) is 0 Å². The standard InChI is InChI=1S/C11H14N2/c1-8(2)9-5-4-6-11-10(9)7-12-13(11)3/h4-8H,1-3H3. The first kappa shape index (κ1) is 8.30. The molecule has 1 aromatic heterocycles. The molecule has 0 saturated heterocycles. The van der Waals surface area contributed by atoms with Crippen molar-refractivity contribution in [2.24, 2.45) is 7.05 Å². The van der Waals surface area contributed by atoms with E-state index < -0.39 is 0 Å². The van der Waals surface area contributed by atoms with E-state index in [2.05, 4.69) is 37.1 Å². The second-order valence-corrected chi connectivity index (χ2v) is 3.70. The number of hydrogen-bond donors (Lipinski definition) is 0. The molecule has 68 valence electrons. The molecule has 0 amide bonds. The minimum atomic E-state index is 0.563. The molecule has 2 rings (SSSR count).